The smallest absolute Gasteiger partial charge is 0.422 e. The maximum Gasteiger partial charge on any atom is 0.422 e. The Hall–Kier alpha value is -1.96. The number of carbonyl (C=O) groups excluding carboxylic acids is 1. The third-order valence-electron chi connectivity index (χ3n) is 3.92. The fourth-order valence-corrected chi connectivity index (χ4v) is 2.68. The number of methoxy groups -OCH3 is 1. The number of carbonyl (C=O) groups is 1. The fraction of sp³-hybridized carbons (Fsp3) is 0.588. The minimum atomic E-state index is -4.41. The van der Waals surface area contributed by atoms with Crippen molar-refractivity contribution in [2.24, 2.45) is 0 Å². The van der Waals surface area contributed by atoms with Gasteiger partial charge in [0.25, 0.3) is 0 Å². The average molecular weight is 360 g/mol. The van der Waals surface area contributed by atoms with E-state index in [0.29, 0.717) is 12.8 Å². The van der Waals surface area contributed by atoms with Crippen LogP contribution in [-0.4, -0.2) is 44.9 Å². The molecule has 5 nitrogen and oxygen atoms in total. The van der Waals surface area contributed by atoms with E-state index >= 15 is 0 Å². The highest BCUT2D eigenvalue weighted by molar-refractivity contribution is 5.76. The van der Waals surface area contributed by atoms with Crippen LogP contribution in [0.4, 0.5) is 13.2 Å². The molecule has 0 spiro atoms. The molecule has 2 rings (SSSR count). The van der Waals surface area contributed by atoms with Crippen LogP contribution in [0.5, 0.6) is 11.5 Å². The van der Waals surface area contributed by atoms with Crippen molar-refractivity contribution < 1.29 is 27.4 Å². The van der Waals surface area contributed by atoms with Gasteiger partial charge in [-0.1, -0.05) is 6.07 Å². The molecule has 0 aliphatic carbocycles. The molecule has 0 radical (unpaired) electrons. The van der Waals surface area contributed by atoms with Crippen LogP contribution in [0.25, 0.3) is 0 Å². The second kappa shape index (κ2) is 8.94. The molecule has 25 heavy (non-hydrogen) atoms. The normalized spacial score (nSPS) is 17.8. The molecule has 1 amide bonds. The summed E-state index contributed by atoms with van der Waals surface area (Å²) in [5.41, 5.74) is 0.799. The van der Waals surface area contributed by atoms with Crippen LogP contribution in [-0.2, 0) is 11.2 Å². The number of benzene rings is 1. The van der Waals surface area contributed by atoms with Gasteiger partial charge in [-0.05, 0) is 43.5 Å². The summed E-state index contributed by atoms with van der Waals surface area (Å²) in [5, 5.41) is 6.22. The molecule has 8 heteroatoms. The lowest BCUT2D eigenvalue weighted by Crippen LogP contribution is -2.45. The van der Waals surface area contributed by atoms with Crippen molar-refractivity contribution in [2.75, 3.05) is 26.8 Å². The Morgan fingerprint density at radius 3 is 2.80 bits per heavy atom. The van der Waals surface area contributed by atoms with Crippen molar-refractivity contribution in [1.82, 2.24) is 10.6 Å². The summed E-state index contributed by atoms with van der Waals surface area (Å²) in [5.74, 6) is 0.213. The molecule has 0 aromatic heterocycles. The largest absolute Gasteiger partial charge is 0.493 e. The van der Waals surface area contributed by atoms with Gasteiger partial charge in [-0.3, -0.25) is 4.79 Å². The van der Waals surface area contributed by atoms with Crippen molar-refractivity contribution in [3.05, 3.63) is 23.8 Å². The van der Waals surface area contributed by atoms with Gasteiger partial charge in [-0.15, -0.1) is 0 Å². The Bertz CT molecular complexity index is 573. The van der Waals surface area contributed by atoms with Gasteiger partial charge in [0.05, 0.1) is 7.11 Å². The highest BCUT2D eigenvalue weighted by atomic mass is 19.4. The Morgan fingerprint density at radius 2 is 2.16 bits per heavy atom. The lowest BCUT2D eigenvalue weighted by Gasteiger charge is -2.23. The maximum absolute atomic E-state index is 12.2. The van der Waals surface area contributed by atoms with Gasteiger partial charge < -0.3 is 20.1 Å². The van der Waals surface area contributed by atoms with Gasteiger partial charge in [0.1, 0.15) is 0 Å². The number of halogens is 3. The molecule has 1 unspecified atom stereocenters. The van der Waals surface area contributed by atoms with Gasteiger partial charge in [0.15, 0.2) is 18.1 Å². The van der Waals surface area contributed by atoms with E-state index < -0.39 is 12.8 Å². The van der Waals surface area contributed by atoms with Gasteiger partial charge in [-0.25, -0.2) is 0 Å². The second-order valence-corrected chi connectivity index (χ2v) is 6.00. The Labute approximate surface area is 144 Å². The van der Waals surface area contributed by atoms with Crippen molar-refractivity contribution >= 4 is 5.91 Å². The molecule has 1 aromatic rings. The van der Waals surface area contributed by atoms with E-state index in [4.69, 9.17) is 9.47 Å². The van der Waals surface area contributed by atoms with Crippen LogP contribution in [0, 0.1) is 0 Å². The quantitative estimate of drug-likeness (QED) is 0.784. The van der Waals surface area contributed by atoms with Gasteiger partial charge >= 0.3 is 6.18 Å². The molecule has 1 atom stereocenters. The summed E-state index contributed by atoms with van der Waals surface area (Å²) in [7, 11) is 1.36. The van der Waals surface area contributed by atoms with Crippen LogP contribution in [0.15, 0.2) is 18.2 Å². The second-order valence-electron chi connectivity index (χ2n) is 6.00. The predicted octanol–water partition coefficient (Wildman–Crippen LogP) is 2.44. The molecule has 1 aliphatic rings. The Kier molecular flexibility index (Phi) is 6.92. The topological polar surface area (TPSA) is 59.6 Å². The third kappa shape index (κ3) is 6.81. The van der Waals surface area contributed by atoms with Crippen molar-refractivity contribution in [3.63, 3.8) is 0 Å². The Balaban J connectivity index is 1.86. The average Bonchev–Trinajstić information content (AvgIpc) is 2.58. The van der Waals surface area contributed by atoms with Crippen LogP contribution in [0.1, 0.15) is 24.8 Å². The lowest BCUT2D eigenvalue weighted by atomic mass is 10.1. The van der Waals surface area contributed by atoms with Crippen LogP contribution in [0.2, 0.25) is 0 Å². The molecule has 0 bridgehead atoms. The molecular weight excluding hydrogens is 337 g/mol. The zero-order valence-electron chi connectivity index (χ0n) is 14.1. The Morgan fingerprint density at radius 1 is 1.36 bits per heavy atom. The first-order chi connectivity index (χ1) is 11.9. The van der Waals surface area contributed by atoms with Crippen LogP contribution in [0.3, 0.4) is 0 Å². The minimum Gasteiger partial charge on any atom is -0.493 e. The number of rotatable bonds is 7. The number of hydrogen-bond donors (Lipinski definition) is 2. The number of nitrogens with one attached hydrogen (secondary N) is 2. The molecule has 1 heterocycles. The molecule has 1 aromatic carbocycles. The zero-order chi connectivity index (χ0) is 18.3. The lowest BCUT2D eigenvalue weighted by molar-refractivity contribution is -0.153. The van der Waals surface area contributed by atoms with Gasteiger partial charge in [0, 0.05) is 19.0 Å². The monoisotopic (exact) mass is 360 g/mol. The first-order valence-electron chi connectivity index (χ1n) is 8.24. The molecule has 1 fully saturated rings. The molecule has 1 saturated heterocycles. The zero-order valence-corrected chi connectivity index (χ0v) is 14.1. The van der Waals surface area contributed by atoms with Crippen LogP contribution < -0.4 is 20.1 Å². The standard InChI is InChI=1S/C17H23F3N2O3/c1-24-15-9-12(4-6-14(15)25-11-17(18,19)20)5-7-16(23)22-13-3-2-8-21-10-13/h4,6,9,13,21H,2-3,5,7-8,10-11H2,1H3,(H,22,23). The number of amides is 1. The van der Waals surface area contributed by atoms with Crippen molar-refractivity contribution in [2.45, 2.75) is 37.9 Å². The van der Waals surface area contributed by atoms with E-state index in [0.717, 1.165) is 31.5 Å². The summed E-state index contributed by atoms with van der Waals surface area (Å²) < 4.78 is 46.5. The SMILES string of the molecule is COc1cc(CCC(=O)NC2CCCNC2)ccc1OCC(F)(F)F. The minimum absolute atomic E-state index is 0.0290. The number of hydrogen-bond acceptors (Lipinski definition) is 4. The van der Waals surface area contributed by atoms with E-state index in [9.17, 15) is 18.0 Å². The maximum atomic E-state index is 12.2. The summed E-state index contributed by atoms with van der Waals surface area (Å²) in [6.07, 6.45) is -1.61. The molecule has 1 aliphatic heterocycles. The molecule has 140 valence electrons. The van der Waals surface area contributed by atoms with E-state index in [-0.39, 0.29) is 23.4 Å². The number of aryl methyl sites for hydroxylation is 1. The summed E-state index contributed by atoms with van der Waals surface area (Å²) in [6, 6.07) is 4.84. The van der Waals surface area contributed by atoms with E-state index in [1.54, 1.807) is 12.1 Å². The summed E-state index contributed by atoms with van der Waals surface area (Å²) >= 11 is 0. The number of alkyl halides is 3. The summed E-state index contributed by atoms with van der Waals surface area (Å²) in [6.45, 7) is 0.389. The first kappa shape index (κ1) is 19.4. The highest BCUT2D eigenvalue weighted by Crippen LogP contribution is 2.30. The van der Waals surface area contributed by atoms with E-state index in [2.05, 4.69) is 10.6 Å². The molecule has 2 N–H and O–H groups in total. The third-order valence-corrected chi connectivity index (χ3v) is 3.92. The van der Waals surface area contributed by atoms with E-state index in [1.165, 1.54) is 13.2 Å². The highest BCUT2D eigenvalue weighted by Gasteiger charge is 2.29. The van der Waals surface area contributed by atoms with Gasteiger partial charge in [-0.2, -0.15) is 13.2 Å². The summed E-state index contributed by atoms with van der Waals surface area (Å²) in [4.78, 5) is 12.0. The number of ether oxygens (including phenoxy) is 2. The molecule has 0 saturated carbocycles. The molecular formula is C17H23F3N2O3. The van der Waals surface area contributed by atoms with Gasteiger partial charge in [0.2, 0.25) is 5.91 Å². The van der Waals surface area contributed by atoms with Crippen LogP contribution >= 0.6 is 0 Å². The van der Waals surface area contributed by atoms with Crippen molar-refractivity contribution in [1.29, 1.82) is 0 Å². The predicted molar refractivity (Wildman–Crippen MR) is 86.9 cm³/mol. The van der Waals surface area contributed by atoms with E-state index in [1.807, 2.05) is 0 Å². The number of piperidine rings is 1. The van der Waals surface area contributed by atoms with Crippen molar-refractivity contribution in [3.8, 4) is 11.5 Å². The fourth-order valence-electron chi connectivity index (χ4n) is 2.68. The first-order valence-corrected chi connectivity index (χ1v) is 8.24.